The minimum atomic E-state index is -3.34. The van der Waals surface area contributed by atoms with Crippen molar-refractivity contribution in [3.8, 4) is 11.1 Å². The zero-order valence-electron chi connectivity index (χ0n) is 22.1. The number of hydrogen-bond donors (Lipinski definition) is 3. The average Bonchev–Trinajstić information content (AvgIpc) is 3.47. The van der Waals surface area contributed by atoms with Crippen molar-refractivity contribution in [2.75, 3.05) is 22.0 Å². The number of fused-ring (bicyclic) bond motifs is 2. The summed E-state index contributed by atoms with van der Waals surface area (Å²) in [6, 6.07) is 19.6. The number of rotatable bonds is 7. The summed E-state index contributed by atoms with van der Waals surface area (Å²) in [6.07, 6.45) is 4.58. The first kappa shape index (κ1) is 25.4. The van der Waals surface area contributed by atoms with Crippen LogP contribution in [0.25, 0.3) is 33.3 Å². The fraction of sp³-hybridized carbons (Fsp3) is 0.138. The average molecular weight is 554 g/mol. The van der Waals surface area contributed by atoms with Gasteiger partial charge < -0.3 is 20.0 Å². The van der Waals surface area contributed by atoms with E-state index >= 15 is 0 Å². The van der Waals surface area contributed by atoms with Crippen molar-refractivity contribution >= 4 is 55.4 Å². The Kier molecular flexibility index (Phi) is 6.15. The van der Waals surface area contributed by atoms with E-state index in [-0.39, 0.29) is 0 Å². The normalized spacial score (nSPS) is 11.8. The van der Waals surface area contributed by atoms with Crippen LogP contribution in [-0.4, -0.2) is 34.2 Å². The van der Waals surface area contributed by atoms with Gasteiger partial charge in [0, 0.05) is 29.7 Å². The Balaban J connectivity index is 1.28. The lowest BCUT2D eigenvalue weighted by atomic mass is 10.1. The van der Waals surface area contributed by atoms with Crippen molar-refractivity contribution < 1.29 is 12.8 Å². The van der Waals surface area contributed by atoms with Gasteiger partial charge in [-0.05, 0) is 66.4 Å². The van der Waals surface area contributed by atoms with Crippen LogP contribution in [0.15, 0.2) is 77.6 Å². The first-order valence-corrected chi connectivity index (χ1v) is 14.4. The van der Waals surface area contributed by atoms with E-state index in [9.17, 15) is 8.42 Å². The highest BCUT2D eigenvalue weighted by Crippen LogP contribution is 2.34. The van der Waals surface area contributed by atoms with E-state index in [0.717, 1.165) is 56.2 Å². The molecule has 0 saturated carbocycles. The van der Waals surface area contributed by atoms with Gasteiger partial charge in [0.1, 0.15) is 23.3 Å². The molecule has 3 aromatic heterocycles. The van der Waals surface area contributed by atoms with Gasteiger partial charge in [0.25, 0.3) is 6.01 Å². The fourth-order valence-corrected chi connectivity index (χ4v) is 5.43. The van der Waals surface area contributed by atoms with Gasteiger partial charge in [-0.1, -0.05) is 30.3 Å². The van der Waals surface area contributed by atoms with Crippen molar-refractivity contribution in [1.29, 1.82) is 0 Å². The molecule has 11 heteroatoms. The largest absolute Gasteiger partial charge is 0.423 e. The van der Waals surface area contributed by atoms with Gasteiger partial charge in [-0.2, -0.15) is 4.98 Å². The molecule has 0 aliphatic rings. The molecule has 0 aliphatic carbocycles. The predicted octanol–water partition coefficient (Wildman–Crippen LogP) is 5.60. The lowest BCUT2D eigenvalue weighted by molar-refractivity contribution is 0.606. The monoisotopic (exact) mass is 553 g/mol. The third-order valence-corrected chi connectivity index (χ3v) is 7.17. The van der Waals surface area contributed by atoms with E-state index in [2.05, 4.69) is 31.1 Å². The van der Waals surface area contributed by atoms with Gasteiger partial charge in [-0.25, -0.2) is 18.4 Å². The third kappa shape index (κ3) is 5.06. The number of nitrogen functional groups attached to an aromatic ring is 1. The number of oxazole rings is 1. The minimum Gasteiger partial charge on any atom is -0.423 e. The molecular formula is C29H27N7O3S. The van der Waals surface area contributed by atoms with E-state index in [1.807, 2.05) is 67.1 Å². The number of anilines is 4. The van der Waals surface area contributed by atoms with Crippen LogP contribution in [0.4, 0.5) is 23.2 Å². The molecule has 0 aliphatic heterocycles. The molecule has 0 saturated heterocycles. The standard InChI is InChI=1S/C29H27N7O3S/c1-17-12-18(2)26-24(13-17)34-29(39-26)33-21-10-6-20(7-11-21)23-15-36(28-25(23)27(30)31-16-32-28)14-19-4-8-22(9-5-19)35-40(3,37)38/h4-13,15-16,35H,14H2,1-3H3,(H,33,34)(H2,30,31,32). The Hall–Kier alpha value is -4.90. The zero-order valence-corrected chi connectivity index (χ0v) is 23.0. The Morgan fingerprint density at radius 1 is 0.975 bits per heavy atom. The van der Waals surface area contributed by atoms with Gasteiger partial charge in [-0.3, -0.25) is 4.72 Å². The second kappa shape index (κ2) is 9.69. The van der Waals surface area contributed by atoms with Crippen LogP contribution in [0.2, 0.25) is 0 Å². The van der Waals surface area contributed by atoms with Crippen LogP contribution in [0.1, 0.15) is 16.7 Å². The minimum absolute atomic E-state index is 0.394. The molecule has 4 N–H and O–H groups in total. The van der Waals surface area contributed by atoms with Crippen molar-refractivity contribution in [3.63, 3.8) is 0 Å². The van der Waals surface area contributed by atoms with Crippen LogP contribution < -0.4 is 15.8 Å². The molecule has 40 heavy (non-hydrogen) atoms. The summed E-state index contributed by atoms with van der Waals surface area (Å²) in [5.41, 5.74) is 15.0. The van der Waals surface area contributed by atoms with Crippen LogP contribution >= 0.6 is 0 Å². The highest BCUT2D eigenvalue weighted by Gasteiger charge is 2.16. The number of hydrogen-bond acceptors (Lipinski definition) is 8. The number of aromatic nitrogens is 4. The number of nitrogens with two attached hydrogens (primary N) is 1. The van der Waals surface area contributed by atoms with Crippen molar-refractivity contribution in [1.82, 2.24) is 19.5 Å². The maximum Gasteiger partial charge on any atom is 0.300 e. The van der Waals surface area contributed by atoms with Crippen molar-refractivity contribution in [2.45, 2.75) is 20.4 Å². The van der Waals surface area contributed by atoms with E-state index in [1.165, 1.54) is 6.33 Å². The number of aryl methyl sites for hydroxylation is 2. The lowest BCUT2D eigenvalue weighted by Crippen LogP contribution is -2.09. The van der Waals surface area contributed by atoms with Crippen molar-refractivity contribution in [3.05, 3.63) is 89.9 Å². The third-order valence-electron chi connectivity index (χ3n) is 6.56. The van der Waals surface area contributed by atoms with Crippen LogP contribution in [0, 0.1) is 13.8 Å². The molecule has 0 bridgehead atoms. The molecule has 3 aromatic carbocycles. The molecule has 0 radical (unpaired) electrons. The zero-order chi connectivity index (χ0) is 28.0. The molecule has 202 valence electrons. The van der Waals surface area contributed by atoms with Crippen molar-refractivity contribution in [2.24, 2.45) is 0 Å². The maximum absolute atomic E-state index is 11.5. The maximum atomic E-state index is 11.5. The Morgan fingerprint density at radius 2 is 1.70 bits per heavy atom. The Labute approximate surface area is 230 Å². The second-order valence-corrected chi connectivity index (χ2v) is 11.6. The van der Waals surface area contributed by atoms with E-state index < -0.39 is 10.0 Å². The summed E-state index contributed by atoms with van der Waals surface area (Å²) in [4.78, 5) is 13.3. The predicted molar refractivity (Wildman–Crippen MR) is 158 cm³/mol. The van der Waals surface area contributed by atoms with Gasteiger partial charge in [-0.15, -0.1) is 0 Å². The molecule has 6 rings (SSSR count). The highest BCUT2D eigenvalue weighted by atomic mass is 32.2. The molecule has 0 spiro atoms. The summed E-state index contributed by atoms with van der Waals surface area (Å²) in [5.74, 6) is 0.394. The summed E-state index contributed by atoms with van der Waals surface area (Å²) >= 11 is 0. The number of nitrogens with one attached hydrogen (secondary N) is 2. The second-order valence-electron chi connectivity index (χ2n) is 9.85. The molecule has 6 aromatic rings. The van der Waals surface area contributed by atoms with Crippen LogP contribution in [0.3, 0.4) is 0 Å². The molecule has 10 nitrogen and oxygen atoms in total. The summed E-state index contributed by atoms with van der Waals surface area (Å²) < 4.78 is 33.5. The lowest BCUT2D eigenvalue weighted by Gasteiger charge is -2.07. The number of benzene rings is 3. The quantitative estimate of drug-likeness (QED) is 0.232. The molecule has 0 fully saturated rings. The number of nitrogens with zero attached hydrogens (tertiary/aromatic N) is 4. The molecule has 3 heterocycles. The fourth-order valence-electron chi connectivity index (χ4n) is 4.86. The summed E-state index contributed by atoms with van der Waals surface area (Å²) in [5, 5.41) is 4.02. The van der Waals surface area contributed by atoms with Gasteiger partial charge in [0.15, 0.2) is 5.58 Å². The molecule has 0 amide bonds. The topological polar surface area (TPSA) is 141 Å². The van der Waals surface area contributed by atoms with E-state index in [4.69, 9.17) is 10.2 Å². The molecular weight excluding hydrogens is 526 g/mol. The Morgan fingerprint density at radius 3 is 2.42 bits per heavy atom. The summed E-state index contributed by atoms with van der Waals surface area (Å²) in [6.45, 7) is 4.57. The number of sulfonamides is 1. The van der Waals surface area contributed by atoms with Gasteiger partial charge in [0.2, 0.25) is 10.0 Å². The smallest absolute Gasteiger partial charge is 0.300 e. The Bertz CT molecular complexity index is 1980. The summed E-state index contributed by atoms with van der Waals surface area (Å²) in [7, 11) is -3.34. The van der Waals surface area contributed by atoms with E-state index in [1.54, 1.807) is 12.1 Å². The first-order chi connectivity index (χ1) is 19.1. The van der Waals surface area contributed by atoms with E-state index in [0.29, 0.717) is 29.7 Å². The molecule has 0 atom stereocenters. The van der Waals surface area contributed by atoms with Crippen LogP contribution in [-0.2, 0) is 16.6 Å². The van der Waals surface area contributed by atoms with Gasteiger partial charge >= 0.3 is 0 Å². The SMILES string of the molecule is Cc1cc(C)c2oc(Nc3ccc(-c4cn(Cc5ccc(NS(C)(=O)=O)cc5)c5ncnc(N)c45)cc3)nc2c1. The first-order valence-electron chi connectivity index (χ1n) is 12.5. The van der Waals surface area contributed by atoms with Gasteiger partial charge in [0.05, 0.1) is 11.6 Å². The van der Waals surface area contributed by atoms with Crippen LogP contribution in [0.5, 0.6) is 0 Å². The molecule has 0 unspecified atom stereocenters. The highest BCUT2D eigenvalue weighted by molar-refractivity contribution is 7.92.